The molecule has 0 aliphatic heterocycles. The minimum Gasteiger partial charge on any atom is -0.395 e. The van der Waals surface area contributed by atoms with Crippen molar-refractivity contribution in [1.82, 2.24) is 4.37 Å². The van der Waals surface area contributed by atoms with Crippen LogP contribution < -0.4 is 4.90 Å². The standard InChI is InChI=1S/C10H11ClF3N3O2S/c11-8-7(5-15)9(20-16-8)17(1-3-18)2-4-19-6-10(12,13)14/h18H,1-4,6H2. The molecule has 0 unspecified atom stereocenters. The molecule has 0 saturated heterocycles. The maximum Gasteiger partial charge on any atom is 0.411 e. The third kappa shape index (κ3) is 5.13. The lowest BCUT2D eigenvalue weighted by Crippen LogP contribution is -2.31. The molecule has 0 aromatic carbocycles. The van der Waals surface area contributed by atoms with Gasteiger partial charge in [-0.1, -0.05) is 11.6 Å². The van der Waals surface area contributed by atoms with Crippen LogP contribution in [0.2, 0.25) is 5.15 Å². The Labute approximate surface area is 122 Å². The minimum absolute atomic E-state index is 0.0339. The largest absolute Gasteiger partial charge is 0.411 e. The number of nitriles is 1. The normalized spacial score (nSPS) is 11.4. The zero-order valence-corrected chi connectivity index (χ0v) is 11.7. The lowest BCUT2D eigenvalue weighted by atomic mass is 10.3. The molecular weight excluding hydrogens is 319 g/mol. The molecule has 0 spiro atoms. The number of nitrogens with zero attached hydrogens (tertiary/aromatic N) is 3. The number of hydrogen-bond donors (Lipinski definition) is 1. The van der Waals surface area contributed by atoms with Gasteiger partial charge in [0.2, 0.25) is 0 Å². The number of aliphatic hydroxyl groups excluding tert-OH is 1. The summed E-state index contributed by atoms with van der Waals surface area (Å²) in [5.74, 6) is 0. The molecule has 0 aliphatic carbocycles. The van der Waals surface area contributed by atoms with Crippen LogP contribution in [0.5, 0.6) is 0 Å². The summed E-state index contributed by atoms with van der Waals surface area (Å²) in [7, 11) is 0. The lowest BCUT2D eigenvalue weighted by Gasteiger charge is -2.22. The van der Waals surface area contributed by atoms with E-state index in [9.17, 15) is 13.2 Å². The molecule has 0 bridgehead atoms. The van der Waals surface area contributed by atoms with E-state index < -0.39 is 12.8 Å². The van der Waals surface area contributed by atoms with Crippen molar-refractivity contribution < 1.29 is 23.0 Å². The van der Waals surface area contributed by atoms with Crippen molar-refractivity contribution in [3.63, 3.8) is 0 Å². The average Bonchev–Trinajstić information content (AvgIpc) is 2.73. The summed E-state index contributed by atoms with van der Waals surface area (Å²) in [5, 5.41) is 18.3. The molecule has 1 rings (SSSR count). The molecular formula is C10H11ClF3N3O2S. The average molecular weight is 330 g/mol. The number of halogens is 4. The van der Waals surface area contributed by atoms with Crippen molar-refractivity contribution >= 4 is 28.1 Å². The highest BCUT2D eigenvalue weighted by Crippen LogP contribution is 2.30. The lowest BCUT2D eigenvalue weighted by molar-refractivity contribution is -0.173. The summed E-state index contributed by atoms with van der Waals surface area (Å²) in [6, 6.07) is 1.87. The van der Waals surface area contributed by atoms with Gasteiger partial charge in [-0.15, -0.1) is 0 Å². The Hall–Kier alpha value is -1.08. The Morgan fingerprint density at radius 1 is 1.45 bits per heavy atom. The molecule has 1 aromatic rings. The summed E-state index contributed by atoms with van der Waals surface area (Å²) in [5.41, 5.74) is 0.140. The van der Waals surface area contributed by atoms with Crippen LogP contribution in [-0.2, 0) is 4.74 Å². The molecule has 1 aromatic heterocycles. The zero-order valence-electron chi connectivity index (χ0n) is 10.2. The van der Waals surface area contributed by atoms with Gasteiger partial charge in [0.15, 0.2) is 5.15 Å². The first-order chi connectivity index (χ1) is 9.39. The molecule has 0 aliphatic rings. The number of aromatic nitrogens is 1. The molecule has 0 fully saturated rings. The van der Waals surface area contributed by atoms with E-state index in [0.29, 0.717) is 5.00 Å². The molecule has 10 heteroatoms. The second-order valence-corrected chi connectivity index (χ2v) is 4.75. The van der Waals surface area contributed by atoms with Crippen LogP contribution in [-0.4, -0.2) is 48.6 Å². The monoisotopic (exact) mass is 329 g/mol. The molecule has 0 radical (unpaired) electrons. The first-order valence-electron chi connectivity index (χ1n) is 5.44. The van der Waals surface area contributed by atoms with Gasteiger partial charge >= 0.3 is 6.18 Å². The predicted octanol–water partition coefficient (Wildman–Crippen LogP) is 2.05. The summed E-state index contributed by atoms with van der Waals surface area (Å²) in [4.78, 5) is 1.51. The fourth-order valence-electron chi connectivity index (χ4n) is 1.37. The third-order valence-electron chi connectivity index (χ3n) is 2.17. The Morgan fingerprint density at radius 2 is 2.15 bits per heavy atom. The molecule has 0 saturated carbocycles. The summed E-state index contributed by atoms with van der Waals surface area (Å²) in [6.45, 7) is -1.53. The van der Waals surface area contributed by atoms with Crippen LogP contribution in [0.4, 0.5) is 18.2 Å². The van der Waals surface area contributed by atoms with Crippen LogP contribution in [0.1, 0.15) is 5.56 Å². The van der Waals surface area contributed by atoms with Crippen molar-refractivity contribution in [3.05, 3.63) is 10.7 Å². The first-order valence-corrected chi connectivity index (χ1v) is 6.59. The van der Waals surface area contributed by atoms with Crippen LogP contribution in [0, 0.1) is 11.3 Å². The van der Waals surface area contributed by atoms with Gasteiger partial charge in [0.25, 0.3) is 0 Å². The highest BCUT2D eigenvalue weighted by molar-refractivity contribution is 7.10. The summed E-state index contributed by atoms with van der Waals surface area (Å²) >= 11 is 6.66. The smallest absolute Gasteiger partial charge is 0.395 e. The van der Waals surface area contributed by atoms with E-state index in [1.54, 1.807) is 0 Å². The first kappa shape index (κ1) is 17.0. The zero-order chi connectivity index (χ0) is 15.2. The Morgan fingerprint density at radius 3 is 2.70 bits per heavy atom. The van der Waals surface area contributed by atoms with Gasteiger partial charge in [0, 0.05) is 13.1 Å². The van der Waals surface area contributed by atoms with Crippen molar-refractivity contribution in [3.8, 4) is 6.07 Å². The number of anilines is 1. The predicted molar refractivity (Wildman–Crippen MR) is 68.0 cm³/mol. The maximum atomic E-state index is 11.9. The minimum atomic E-state index is -4.38. The van der Waals surface area contributed by atoms with Crippen LogP contribution in [0.3, 0.4) is 0 Å². The van der Waals surface area contributed by atoms with E-state index in [2.05, 4.69) is 9.11 Å². The summed E-state index contributed by atoms with van der Waals surface area (Å²) in [6.07, 6.45) is -4.38. The fourth-order valence-corrected chi connectivity index (χ4v) is 2.45. The fraction of sp³-hybridized carbons (Fsp3) is 0.600. The highest BCUT2D eigenvalue weighted by atomic mass is 35.5. The van der Waals surface area contributed by atoms with E-state index in [0.717, 1.165) is 11.5 Å². The molecule has 112 valence electrons. The molecule has 20 heavy (non-hydrogen) atoms. The molecule has 1 N–H and O–H groups in total. The number of hydrogen-bond acceptors (Lipinski definition) is 6. The van der Waals surface area contributed by atoms with Gasteiger partial charge < -0.3 is 14.7 Å². The Bertz CT molecular complexity index is 475. The maximum absolute atomic E-state index is 11.9. The highest BCUT2D eigenvalue weighted by Gasteiger charge is 2.27. The van der Waals surface area contributed by atoms with Gasteiger partial charge in [0.05, 0.1) is 13.2 Å². The van der Waals surface area contributed by atoms with E-state index in [4.69, 9.17) is 22.0 Å². The van der Waals surface area contributed by atoms with Crippen molar-refractivity contribution in [1.29, 1.82) is 5.26 Å². The topological polar surface area (TPSA) is 69.4 Å². The SMILES string of the molecule is N#Cc1c(Cl)nsc1N(CCO)CCOCC(F)(F)F. The third-order valence-corrected chi connectivity index (χ3v) is 3.46. The molecule has 0 amide bonds. The van der Waals surface area contributed by atoms with E-state index in [-0.39, 0.29) is 37.0 Å². The molecule has 1 heterocycles. The Kier molecular flexibility index (Phi) is 6.48. The second kappa shape index (κ2) is 7.64. The van der Waals surface area contributed by atoms with E-state index in [1.165, 1.54) is 4.90 Å². The van der Waals surface area contributed by atoms with Crippen LogP contribution in [0.25, 0.3) is 0 Å². The quantitative estimate of drug-likeness (QED) is 0.775. The number of aliphatic hydroxyl groups is 1. The Balaban J connectivity index is 2.63. The van der Waals surface area contributed by atoms with E-state index >= 15 is 0 Å². The summed E-state index contributed by atoms with van der Waals surface area (Å²) < 4.78 is 44.1. The van der Waals surface area contributed by atoms with Gasteiger partial charge in [-0.2, -0.15) is 22.8 Å². The van der Waals surface area contributed by atoms with Gasteiger partial charge in [-0.25, -0.2) is 0 Å². The van der Waals surface area contributed by atoms with Crippen molar-refractivity contribution in [2.24, 2.45) is 0 Å². The van der Waals surface area contributed by atoms with Gasteiger partial charge in [0.1, 0.15) is 23.2 Å². The van der Waals surface area contributed by atoms with Gasteiger partial charge in [-0.3, -0.25) is 0 Å². The molecule has 5 nitrogen and oxygen atoms in total. The van der Waals surface area contributed by atoms with Crippen molar-refractivity contribution in [2.45, 2.75) is 6.18 Å². The number of ether oxygens (including phenoxy) is 1. The molecule has 0 atom stereocenters. The van der Waals surface area contributed by atoms with Crippen molar-refractivity contribution in [2.75, 3.05) is 37.8 Å². The van der Waals surface area contributed by atoms with Crippen LogP contribution in [0.15, 0.2) is 0 Å². The van der Waals surface area contributed by atoms with Crippen LogP contribution >= 0.6 is 23.1 Å². The van der Waals surface area contributed by atoms with E-state index in [1.807, 2.05) is 6.07 Å². The second-order valence-electron chi connectivity index (χ2n) is 3.64. The number of alkyl halides is 3. The van der Waals surface area contributed by atoms with Gasteiger partial charge in [-0.05, 0) is 11.5 Å². The number of rotatable bonds is 7.